The normalized spacial score (nSPS) is 14.5. The molecule has 0 atom stereocenters. The second-order valence-electron chi connectivity index (χ2n) is 6.03. The Morgan fingerprint density at radius 3 is 2.54 bits per heavy atom. The van der Waals surface area contributed by atoms with Crippen molar-refractivity contribution in [1.29, 1.82) is 0 Å². The molecule has 0 spiro atoms. The molecule has 0 saturated carbocycles. The predicted octanol–water partition coefficient (Wildman–Crippen LogP) is 3.47. The average Bonchev–Trinajstić information content (AvgIpc) is 3.18. The molecule has 1 amide bonds. The van der Waals surface area contributed by atoms with E-state index in [-0.39, 0.29) is 36.4 Å². The van der Waals surface area contributed by atoms with Crippen molar-refractivity contribution in [2.75, 3.05) is 25.0 Å². The number of benzene rings is 1. The first-order chi connectivity index (χ1) is 12.3. The maximum Gasteiger partial charge on any atom is 0.242 e. The Morgan fingerprint density at radius 2 is 1.85 bits per heavy atom. The van der Waals surface area contributed by atoms with Gasteiger partial charge in [-0.2, -0.15) is 0 Å². The van der Waals surface area contributed by atoms with Gasteiger partial charge in [-0.05, 0) is 43.5 Å². The molecule has 3 rings (SSSR count). The standard InChI is InChI=1S/C19H24N4O2.HI/c24-18(20-14-17-10-7-13-25-17)15-21-19(23-11-5-2-6-12-23)22-16-8-3-1-4-9-16;/h1,3-4,7-10,13H,2,5-6,11-12,14-15H2,(H,20,24)(H,21,22);1H. The molecule has 0 bridgehead atoms. The third kappa shape index (κ3) is 6.36. The van der Waals surface area contributed by atoms with E-state index in [1.807, 2.05) is 36.4 Å². The van der Waals surface area contributed by atoms with Crippen LogP contribution in [-0.2, 0) is 11.3 Å². The van der Waals surface area contributed by atoms with Crippen LogP contribution in [0.15, 0.2) is 58.1 Å². The van der Waals surface area contributed by atoms with E-state index in [4.69, 9.17) is 4.42 Å². The van der Waals surface area contributed by atoms with Gasteiger partial charge in [0.2, 0.25) is 5.91 Å². The van der Waals surface area contributed by atoms with E-state index in [1.54, 1.807) is 12.3 Å². The highest BCUT2D eigenvalue weighted by Gasteiger charge is 2.15. The fourth-order valence-electron chi connectivity index (χ4n) is 2.78. The number of furan rings is 1. The minimum Gasteiger partial charge on any atom is -0.467 e. The third-order valence-electron chi connectivity index (χ3n) is 4.10. The van der Waals surface area contributed by atoms with Gasteiger partial charge in [-0.25, -0.2) is 4.99 Å². The summed E-state index contributed by atoms with van der Waals surface area (Å²) in [5, 5.41) is 6.17. The van der Waals surface area contributed by atoms with Gasteiger partial charge in [0.05, 0.1) is 12.8 Å². The summed E-state index contributed by atoms with van der Waals surface area (Å²) >= 11 is 0. The van der Waals surface area contributed by atoms with Crippen LogP contribution in [0, 0.1) is 0 Å². The van der Waals surface area contributed by atoms with Crippen LogP contribution in [0.2, 0.25) is 0 Å². The topological polar surface area (TPSA) is 69.9 Å². The number of amides is 1. The van der Waals surface area contributed by atoms with Crippen molar-refractivity contribution < 1.29 is 9.21 Å². The van der Waals surface area contributed by atoms with Gasteiger partial charge in [-0.15, -0.1) is 24.0 Å². The number of halogens is 1. The smallest absolute Gasteiger partial charge is 0.242 e. The number of piperidine rings is 1. The molecule has 1 aromatic carbocycles. The van der Waals surface area contributed by atoms with E-state index in [0.717, 1.165) is 43.3 Å². The molecule has 0 radical (unpaired) electrons. The molecule has 1 aromatic heterocycles. The molecule has 7 heteroatoms. The second-order valence-corrected chi connectivity index (χ2v) is 6.03. The van der Waals surface area contributed by atoms with Gasteiger partial charge in [0, 0.05) is 18.8 Å². The molecular formula is C19H25IN4O2. The Labute approximate surface area is 171 Å². The fourth-order valence-corrected chi connectivity index (χ4v) is 2.78. The summed E-state index contributed by atoms with van der Waals surface area (Å²) in [6, 6.07) is 13.6. The monoisotopic (exact) mass is 468 g/mol. The highest BCUT2D eigenvalue weighted by atomic mass is 127. The maximum atomic E-state index is 12.1. The van der Waals surface area contributed by atoms with Gasteiger partial charge in [-0.3, -0.25) is 4.79 Å². The lowest BCUT2D eigenvalue weighted by atomic mass is 10.1. The number of likely N-dealkylation sites (tertiary alicyclic amines) is 1. The summed E-state index contributed by atoms with van der Waals surface area (Å²) in [5.74, 6) is 1.37. The Balaban J connectivity index is 0.00000243. The summed E-state index contributed by atoms with van der Waals surface area (Å²) in [6.45, 7) is 2.40. The average molecular weight is 468 g/mol. The number of para-hydroxylation sites is 1. The van der Waals surface area contributed by atoms with Crippen LogP contribution >= 0.6 is 24.0 Å². The number of nitrogens with zero attached hydrogens (tertiary/aromatic N) is 2. The molecule has 1 saturated heterocycles. The van der Waals surface area contributed by atoms with Crippen molar-refractivity contribution in [1.82, 2.24) is 10.2 Å². The SMILES string of the molecule is I.O=C(CN=C(Nc1ccccc1)N1CCCCC1)NCc1ccco1. The number of carbonyl (C=O) groups is 1. The number of hydrogen-bond acceptors (Lipinski definition) is 3. The molecule has 1 aliphatic rings. The van der Waals surface area contributed by atoms with E-state index in [1.165, 1.54) is 6.42 Å². The molecule has 2 heterocycles. The predicted molar refractivity (Wildman–Crippen MR) is 114 cm³/mol. The van der Waals surface area contributed by atoms with Gasteiger partial charge < -0.3 is 20.0 Å². The van der Waals surface area contributed by atoms with E-state index in [2.05, 4.69) is 20.5 Å². The summed E-state index contributed by atoms with van der Waals surface area (Å²) in [7, 11) is 0. The largest absolute Gasteiger partial charge is 0.467 e. The quantitative estimate of drug-likeness (QED) is 0.401. The zero-order valence-electron chi connectivity index (χ0n) is 14.7. The lowest BCUT2D eigenvalue weighted by molar-refractivity contribution is -0.119. The summed E-state index contributed by atoms with van der Waals surface area (Å²) in [4.78, 5) is 18.8. The van der Waals surface area contributed by atoms with Crippen LogP contribution in [0.3, 0.4) is 0 Å². The molecule has 2 aromatic rings. The van der Waals surface area contributed by atoms with E-state index < -0.39 is 0 Å². The first-order valence-corrected chi connectivity index (χ1v) is 8.72. The Kier molecular flexibility index (Phi) is 8.46. The van der Waals surface area contributed by atoms with Crippen molar-refractivity contribution in [2.24, 2.45) is 4.99 Å². The summed E-state index contributed by atoms with van der Waals surface area (Å²) in [6.07, 6.45) is 5.15. The molecule has 26 heavy (non-hydrogen) atoms. The minimum atomic E-state index is -0.124. The molecule has 140 valence electrons. The molecular weight excluding hydrogens is 443 g/mol. The van der Waals surface area contributed by atoms with E-state index in [0.29, 0.717) is 6.54 Å². The summed E-state index contributed by atoms with van der Waals surface area (Å²) < 4.78 is 5.21. The lowest BCUT2D eigenvalue weighted by Gasteiger charge is -2.30. The Morgan fingerprint density at radius 1 is 1.08 bits per heavy atom. The number of guanidine groups is 1. The first kappa shape index (κ1) is 20.3. The molecule has 2 N–H and O–H groups in total. The Hall–Kier alpha value is -2.03. The first-order valence-electron chi connectivity index (χ1n) is 8.72. The fraction of sp³-hybridized carbons (Fsp3) is 0.368. The van der Waals surface area contributed by atoms with Crippen LogP contribution in [0.5, 0.6) is 0 Å². The Bertz CT molecular complexity index is 683. The van der Waals surface area contributed by atoms with Crippen molar-refractivity contribution in [3.8, 4) is 0 Å². The second kappa shape index (κ2) is 10.8. The lowest BCUT2D eigenvalue weighted by Crippen LogP contribution is -2.40. The molecule has 0 unspecified atom stereocenters. The number of carbonyl (C=O) groups excluding carboxylic acids is 1. The van der Waals surface area contributed by atoms with Crippen LogP contribution in [-0.4, -0.2) is 36.4 Å². The number of anilines is 1. The van der Waals surface area contributed by atoms with Crippen LogP contribution in [0.4, 0.5) is 5.69 Å². The molecule has 1 fully saturated rings. The van der Waals surface area contributed by atoms with E-state index >= 15 is 0 Å². The van der Waals surface area contributed by atoms with E-state index in [9.17, 15) is 4.79 Å². The number of aliphatic imine (C=N–C) groups is 1. The van der Waals surface area contributed by atoms with Crippen LogP contribution in [0.25, 0.3) is 0 Å². The van der Waals surface area contributed by atoms with Crippen molar-refractivity contribution in [3.63, 3.8) is 0 Å². The van der Waals surface area contributed by atoms with Gasteiger partial charge in [-0.1, -0.05) is 18.2 Å². The molecule has 0 aliphatic carbocycles. The van der Waals surface area contributed by atoms with Crippen LogP contribution < -0.4 is 10.6 Å². The third-order valence-corrected chi connectivity index (χ3v) is 4.10. The number of nitrogens with one attached hydrogen (secondary N) is 2. The highest BCUT2D eigenvalue weighted by Crippen LogP contribution is 2.12. The van der Waals surface area contributed by atoms with Crippen LogP contribution in [0.1, 0.15) is 25.0 Å². The van der Waals surface area contributed by atoms with Gasteiger partial charge in [0.15, 0.2) is 5.96 Å². The number of rotatable bonds is 5. The van der Waals surface area contributed by atoms with Gasteiger partial charge in [0.25, 0.3) is 0 Å². The number of hydrogen-bond donors (Lipinski definition) is 2. The zero-order valence-corrected chi connectivity index (χ0v) is 17.0. The van der Waals surface area contributed by atoms with Crippen molar-refractivity contribution in [2.45, 2.75) is 25.8 Å². The van der Waals surface area contributed by atoms with Crippen molar-refractivity contribution >= 4 is 41.5 Å². The zero-order chi connectivity index (χ0) is 17.3. The minimum absolute atomic E-state index is 0. The maximum absolute atomic E-state index is 12.1. The van der Waals surface area contributed by atoms with Gasteiger partial charge in [0.1, 0.15) is 12.3 Å². The van der Waals surface area contributed by atoms with Gasteiger partial charge >= 0.3 is 0 Å². The molecule has 1 aliphatic heterocycles. The highest BCUT2D eigenvalue weighted by molar-refractivity contribution is 14.0. The summed E-state index contributed by atoms with van der Waals surface area (Å²) in [5.41, 5.74) is 0.975. The molecule has 6 nitrogen and oxygen atoms in total. The van der Waals surface area contributed by atoms with Crippen molar-refractivity contribution in [3.05, 3.63) is 54.5 Å².